The Morgan fingerprint density at radius 3 is 2.92 bits per heavy atom. The van der Waals surface area contributed by atoms with E-state index in [2.05, 4.69) is 18.4 Å². The summed E-state index contributed by atoms with van der Waals surface area (Å²) in [6.45, 7) is 10.2. The molecule has 0 radical (unpaired) electrons. The summed E-state index contributed by atoms with van der Waals surface area (Å²) < 4.78 is 6.48. The second-order valence-corrected chi connectivity index (χ2v) is 10.6. The molecule has 8 atom stereocenters. The number of aliphatic hydroxyl groups excluding tert-OH is 1. The topological polar surface area (TPSA) is 32.7 Å². The molecule has 4 bridgehead atoms. The first kappa shape index (κ1) is 15.7. The first-order chi connectivity index (χ1) is 12.0. The third-order valence-corrected chi connectivity index (χ3v) is 9.95. The molecular formula is C22H33NO2. The van der Waals surface area contributed by atoms with Gasteiger partial charge in [0.15, 0.2) is 0 Å². The van der Waals surface area contributed by atoms with Gasteiger partial charge in [0.05, 0.1) is 12.7 Å². The number of rotatable bonds is 0. The molecule has 25 heavy (non-hydrogen) atoms. The molecule has 6 rings (SSSR count). The van der Waals surface area contributed by atoms with E-state index in [0.29, 0.717) is 23.5 Å². The average molecular weight is 344 g/mol. The predicted molar refractivity (Wildman–Crippen MR) is 96.8 cm³/mol. The van der Waals surface area contributed by atoms with Crippen molar-refractivity contribution in [3.8, 4) is 0 Å². The van der Waals surface area contributed by atoms with Crippen LogP contribution in [0.3, 0.4) is 0 Å². The van der Waals surface area contributed by atoms with Gasteiger partial charge >= 0.3 is 0 Å². The monoisotopic (exact) mass is 343 g/mol. The Hall–Kier alpha value is -0.380. The van der Waals surface area contributed by atoms with Crippen LogP contribution in [0.2, 0.25) is 0 Å². The molecule has 1 N–H and O–H groups in total. The van der Waals surface area contributed by atoms with E-state index in [-0.39, 0.29) is 16.9 Å². The quantitative estimate of drug-likeness (QED) is 0.683. The Bertz CT molecular complexity index is 634. The summed E-state index contributed by atoms with van der Waals surface area (Å²) >= 11 is 0. The van der Waals surface area contributed by atoms with Gasteiger partial charge in [0.2, 0.25) is 0 Å². The zero-order valence-electron chi connectivity index (χ0n) is 15.7. The molecule has 3 nitrogen and oxygen atoms in total. The summed E-state index contributed by atoms with van der Waals surface area (Å²) in [5, 5.41) is 11.3. The molecule has 6 fully saturated rings. The van der Waals surface area contributed by atoms with Crippen LogP contribution < -0.4 is 0 Å². The highest BCUT2D eigenvalue weighted by Gasteiger charge is 2.73. The largest absolute Gasteiger partial charge is 0.388 e. The Balaban J connectivity index is 1.53. The van der Waals surface area contributed by atoms with Gasteiger partial charge in [-0.15, -0.1) is 0 Å². The van der Waals surface area contributed by atoms with Crippen LogP contribution in [0, 0.1) is 34.0 Å². The number of fused-ring (bicyclic) bond motifs is 2. The van der Waals surface area contributed by atoms with Crippen LogP contribution in [0.1, 0.15) is 58.3 Å². The van der Waals surface area contributed by atoms with E-state index in [0.717, 1.165) is 24.6 Å². The number of piperidine rings is 1. The van der Waals surface area contributed by atoms with Crippen LogP contribution in [-0.2, 0) is 4.74 Å². The summed E-state index contributed by atoms with van der Waals surface area (Å²) in [6.07, 6.45) is 10.4. The van der Waals surface area contributed by atoms with E-state index in [4.69, 9.17) is 4.74 Å². The number of hydrogen-bond donors (Lipinski definition) is 1. The fraction of sp³-hybridized carbons (Fsp3) is 0.909. The molecular weight excluding hydrogens is 310 g/mol. The lowest BCUT2D eigenvalue weighted by molar-refractivity contribution is -0.276. The lowest BCUT2D eigenvalue weighted by Crippen LogP contribution is -2.71. The third kappa shape index (κ3) is 1.62. The molecule has 4 aliphatic carbocycles. The summed E-state index contributed by atoms with van der Waals surface area (Å²) in [7, 11) is 0. The third-order valence-electron chi connectivity index (χ3n) is 9.95. The number of aliphatic hydroxyl groups is 1. The fourth-order valence-corrected chi connectivity index (χ4v) is 9.31. The van der Waals surface area contributed by atoms with Crippen LogP contribution in [0.4, 0.5) is 0 Å². The molecule has 2 saturated heterocycles. The molecule has 6 aliphatic rings. The number of ether oxygens (including phenoxy) is 1. The van der Waals surface area contributed by atoms with Crippen molar-refractivity contribution in [2.24, 2.45) is 34.0 Å². The van der Waals surface area contributed by atoms with E-state index in [1.807, 2.05) is 0 Å². The normalized spacial score (nSPS) is 60.1. The summed E-state index contributed by atoms with van der Waals surface area (Å²) in [6, 6.07) is 0. The van der Waals surface area contributed by atoms with Gasteiger partial charge in [-0.2, -0.15) is 0 Å². The Morgan fingerprint density at radius 2 is 2.04 bits per heavy atom. The van der Waals surface area contributed by atoms with Crippen molar-refractivity contribution < 1.29 is 9.84 Å². The van der Waals surface area contributed by atoms with Crippen molar-refractivity contribution in [1.82, 2.24) is 4.90 Å². The summed E-state index contributed by atoms with van der Waals surface area (Å²) in [5.74, 6) is 2.01. The Morgan fingerprint density at radius 1 is 1.16 bits per heavy atom. The van der Waals surface area contributed by atoms with Crippen LogP contribution in [0.15, 0.2) is 12.2 Å². The lowest BCUT2D eigenvalue weighted by Gasteiger charge is -2.70. The van der Waals surface area contributed by atoms with Gasteiger partial charge in [-0.05, 0) is 73.7 Å². The molecule has 138 valence electrons. The van der Waals surface area contributed by atoms with Crippen LogP contribution in [0.25, 0.3) is 0 Å². The maximum absolute atomic E-state index is 11.3. The smallest absolute Gasteiger partial charge is 0.117 e. The molecule has 2 aliphatic heterocycles. The molecule has 0 aromatic heterocycles. The van der Waals surface area contributed by atoms with E-state index in [1.54, 1.807) is 0 Å². The number of nitrogens with zero attached hydrogens (tertiary/aromatic N) is 1. The molecule has 5 unspecified atom stereocenters. The van der Waals surface area contributed by atoms with Gasteiger partial charge in [-0.3, -0.25) is 4.90 Å². The maximum Gasteiger partial charge on any atom is 0.117 e. The van der Waals surface area contributed by atoms with E-state index in [1.165, 1.54) is 57.9 Å². The molecule has 1 spiro atoms. The molecule has 0 aromatic rings. The molecule has 3 heteroatoms. The van der Waals surface area contributed by atoms with E-state index >= 15 is 0 Å². The van der Waals surface area contributed by atoms with E-state index in [9.17, 15) is 5.11 Å². The van der Waals surface area contributed by atoms with Crippen LogP contribution in [0.5, 0.6) is 0 Å². The first-order valence-electron chi connectivity index (χ1n) is 10.7. The SMILES string of the molecule is C=C1C2CCC3C(CCC4C35CCC[C@]4(C)CN3CCO[C@H]35)(C2)[C@@H]1O. The van der Waals surface area contributed by atoms with Crippen molar-refractivity contribution in [3.63, 3.8) is 0 Å². The highest BCUT2D eigenvalue weighted by Crippen LogP contribution is 2.75. The Kier molecular flexibility index (Phi) is 2.95. The van der Waals surface area contributed by atoms with Gasteiger partial charge in [0, 0.05) is 23.9 Å². The summed E-state index contributed by atoms with van der Waals surface area (Å²) in [5.41, 5.74) is 2.03. The standard InChI is InChI=1S/C22H33NO2/c1-14-15-4-5-17-21(12-15,18(14)24)9-6-16-20(2)7-3-8-22(16,17)19-23(13-20)10-11-25-19/h15-19,24H,1,3-13H2,2H3/t15?,16?,17?,18-,19+,20-,21?,22?/m1/s1. The average Bonchev–Trinajstić information content (AvgIpc) is 3.12. The molecule has 0 aromatic carbocycles. The van der Waals surface area contributed by atoms with Gasteiger partial charge in [-0.25, -0.2) is 0 Å². The van der Waals surface area contributed by atoms with Gasteiger partial charge in [0.1, 0.15) is 6.23 Å². The summed E-state index contributed by atoms with van der Waals surface area (Å²) in [4.78, 5) is 2.69. The molecule has 0 amide bonds. The zero-order valence-corrected chi connectivity index (χ0v) is 15.7. The predicted octanol–water partition coefficient (Wildman–Crippen LogP) is 3.58. The molecule has 2 heterocycles. The zero-order chi connectivity index (χ0) is 17.0. The minimum Gasteiger partial charge on any atom is -0.388 e. The minimum absolute atomic E-state index is 0.115. The minimum atomic E-state index is -0.259. The lowest BCUT2D eigenvalue weighted by atomic mass is 9.38. The molecule has 4 saturated carbocycles. The van der Waals surface area contributed by atoms with Crippen molar-refractivity contribution in [3.05, 3.63) is 12.2 Å². The first-order valence-corrected chi connectivity index (χ1v) is 10.7. The Labute approximate surface area is 151 Å². The highest BCUT2D eigenvalue weighted by atomic mass is 16.5. The van der Waals surface area contributed by atoms with Gasteiger partial charge in [-0.1, -0.05) is 19.9 Å². The van der Waals surface area contributed by atoms with Crippen molar-refractivity contribution in [2.45, 2.75) is 70.6 Å². The number of hydrogen-bond acceptors (Lipinski definition) is 3. The second kappa shape index (κ2) is 4.72. The van der Waals surface area contributed by atoms with Crippen LogP contribution in [-0.4, -0.2) is 42.0 Å². The van der Waals surface area contributed by atoms with E-state index < -0.39 is 0 Å². The second-order valence-electron chi connectivity index (χ2n) is 10.6. The maximum atomic E-state index is 11.3. The fourth-order valence-electron chi connectivity index (χ4n) is 9.31. The highest BCUT2D eigenvalue weighted by molar-refractivity contribution is 5.29. The van der Waals surface area contributed by atoms with Gasteiger partial charge in [0.25, 0.3) is 0 Å². The van der Waals surface area contributed by atoms with Crippen LogP contribution >= 0.6 is 0 Å². The van der Waals surface area contributed by atoms with Crippen molar-refractivity contribution in [1.29, 1.82) is 0 Å². The van der Waals surface area contributed by atoms with Crippen molar-refractivity contribution >= 4 is 0 Å². The van der Waals surface area contributed by atoms with Gasteiger partial charge < -0.3 is 9.84 Å². The van der Waals surface area contributed by atoms with Crippen molar-refractivity contribution in [2.75, 3.05) is 19.7 Å².